The Labute approximate surface area is 112 Å². The summed E-state index contributed by atoms with van der Waals surface area (Å²) in [5.74, 6) is -0.109. The maximum absolute atomic E-state index is 13.2. The van der Waals surface area contributed by atoms with Crippen LogP contribution in [0.4, 0.5) is 4.39 Å². The minimum absolute atomic E-state index is 0.133. The minimum Gasteiger partial charge on any atom is -0.409 e. The van der Waals surface area contributed by atoms with Crippen LogP contribution in [0.3, 0.4) is 0 Å². The summed E-state index contributed by atoms with van der Waals surface area (Å²) in [5.41, 5.74) is 6.60. The number of hydrogen-bond acceptors (Lipinski definition) is 6. The van der Waals surface area contributed by atoms with Gasteiger partial charge in [-0.3, -0.25) is 0 Å². The number of oxime groups is 1. The zero-order chi connectivity index (χ0) is 13.8. The number of aryl methyl sites for hydroxylation is 1. The van der Waals surface area contributed by atoms with Crippen LogP contribution in [0.25, 0.3) is 0 Å². The Morgan fingerprint density at radius 3 is 3.00 bits per heavy atom. The van der Waals surface area contributed by atoms with Crippen LogP contribution in [-0.2, 0) is 12.8 Å². The number of rotatable bonds is 4. The van der Waals surface area contributed by atoms with E-state index in [4.69, 9.17) is 10.9 Å². The summed E-state index contributed by atoms with van der Waals surface area (Å²) in [6.45, 7) is 0. The minimum atomic E-state index is -0.448. The fourth-order valence-electron chi connectivity index (χ4n) is 1.45. The Morgan fingerprint density at radius 1 is 1.58 bits per heavy atom. The Hall–Kier alpha value is -2.16. The lowest BCUT2D eigenvalue weighted by atomic mass is 10.1. The predicted molar refractivity (Wildman–Crippen MR) is 67.3 cm³/mol. The predicted octanol–water partition coefficient (Wildman–Crippen LogP) is 0.736. The van der Waals surface area contributed by atoms with E-state index in [2.05, 4.69) is 20.7 Å². The summed E-state index contributed by atoms with van der Waals surface area (Å²) in [5, 5.41) is 23.3. The monoisotopic (exact) mass is 282 g/mol. The fraction of sp³-hybridized carbons (Fsp3) is 0.200. The van der Waals surface area contributed by atoms with Crippen LogP contribution in [0.1, 0.15) is 11.1 Å². The van der Waals surface area contributed by atoms with Gasteiger partial charge >= 0.3 is 0 Å². The Balaban J connectivity index is 2.23. The van der Waals surface area contributed by atoms with Gasteiger partial charge in [0, 0.05) is 18.4 Å². The zero-order valence-electron chi connectivity index (χ0n) is 9.99. The molecule has 0 unspecified atom stereocenters. The number of amidine groups is 1. The van der Waals surface area contributed by atoms with Crippen molar-refractivity contribution in [2.24, 2.45) is 17.9 Å². The summed E-state index contributed by atoms with van der Waals surface area (Å²) < 4.78 is 14.7. The van der Waals surface area contributed by atoms with Crippen LogP contribution in [0.5, 0.6) is 0 Å². The van der Waals surface area contributed by atoms with Gasteiger partial charge in [0.1, 0.15) is 5.82 Å². The number of benzene rings is 1. The van der Waals surface area contributed by atoms with Crippen LogP contribution in [-0.4, -0.2) is 31.3 Å². The van der Waals surface area contributed by atoms with Crippen LogP contribution in [0.15, 0.2) is 28.5 Å². The Kier molecular flexibility index (Phi) is 3.95. The molecule has 19 heavy (non-hydrogen) atoms. The molecule has 2 aromatic rings. The molecule has 0 saturated heterocycles. The van der Waals surface area contributed by atoms with Crippen LogP contribution < -0.4 is 5.73 Å². The van der Waals surface area contributed by atoms with E-state index in [1.54, 1.807) is 13.1 Å². The van der Waals surface area contributed by atoms with Gasteiger partial charge in [-0.25, -0.2) is 9.07 Å². The van der Waals surface area contributed by atoms with Crippen molar-refractivity contribution in [3.8, 4) is 0 Å². The number of thioether (sulfide) groups is 1. The molecule has 0 spiro atoms. The van der Waals surface area contributed by atoms with E-state index in [1.807, 2.05) is 0 Å². The standard InChI is InChI=1S/C10H11FN6OS/c1-17-10(13-15-16-17)19-5-6-2-3-7(11)4-8(6)9(12)14-18/h2-4,18H,5H2,1H3,(H2,12,14). The highest BCUT2D eigenvalue weighted by Crippen LogP contribution is 2.22. The number of tetrazole rings is 1. The number of nitrogens with two attached hydrogens (primary N) is 1. The first-order chi connectivity index (χ1) is 9.11. The first-order valence-corrected chi connectivity index (χ1v) is 6.22. The first kappa shape index (κ1) is 13.3. The third-order valence-electron chi connectivity index (χ3n) is 2.39. The summed E-state index contributed by atoms with van der Waals surface area (Å²) in [6.07, 6.45) is 0. The van der Waals surface area contributed by atoms with Gasteiger partial charge < -0.3 is 10.9 Å². The van der Waals surface area contributed by atoms with Crippen molar-refractivity contribution in [1.29, 1.82) is 0 Å². The molecule has 0 bridgehead atoms. The summed E-state index contributed by atoms with van der Waals surface area (Å²) in [6, 6.07) is 4.12. The first-order valence-electron chi connectivity index (χ1n) is 5.23. The lowest BCUT2D eigenvalue weighted by Gasteiger charge is -2.07. The van der Waals surface area contributed by atoms with E-state index in [1.165, 1.54) is 28.6 Å². The van der Waals surface area contributed by atoms with E-state index in [-0.39, 0.29) is 5.84 Å². The number of aromatic nitrogens is 4. The quantitative estimate of drug-likeness (QED) is 0.282. The average molecular weight is 282 g/mol. The van der Waals surface area contributed by atoms with Gasteiger partial charge in [-0.15, -0.1) is 5.10 Å². The maximum Gasteiger partial charge on any atom is 0.209 e. The number of halogens is 1. The molecule has 2 rings (SSSR count). The highest BCUT2D eigenvalue weighted by atomic mass is 32.2. The van der Waals surface area contributed by atoms with E-state index in [0.29, 0.717) is 16.5 Å². The highest BCUT2D eigenvalue weighted by Gasteiger charge is 2.11. The van der Waals surface area contributed by atoms with Crippen LogP contribution >= 0.6 is 11.8 Å². The molecule has 100 valence electrons. The van der Waals surface area contributed by atoms with Crippen molar-refractivity contribution >= 4 is 17.6 Å². The molecular weight excluding hydrogens is 271 g/mol. The van der Waals surface area contributed by atoms with Gasteiger partial charge in [-0.1, -0.05) is 23.0 Å². The summed E-state index contributed by atoms with van der Waals surface area (Å²) >= 11 is 1.37. The van der Waals surface area contributed by atoms with Crippen molar-refractivity contribution in [3.63, 3.8) is 0 Å². The van der Waals surface area contributed by atoms with Gasteiger partial charge in [0.15, 0.2) is 5.84 Å². The highest BCUT2D eigenvalue weighted by molar-refractivity contribution is 7.98. The van der Waals surface area contributed by atoms with Crippen LogP contribution in [0, 0.1) is 5.82 Å². The molecule has 1 aromatic heterocycles. The molecule has 0 radical (unpaired) electrons. The molecule has 1 aromatic carbocycles. The second kappa shape index (κ2) is 5.65. The van der Waals surface area contributed by atoms with Gasteiger partial charge in [-0.05, 0) is 28.1 Å². The van der Waals surface area contributed by atoms with Gasteiger partial charge in [0.25, 0.3) is 0 Å². The Bertz CT molecular complexity index is 614. The molecule has 0 fully saturated rings. The smallest absolute Gasteiger partial charge is 0.209 e. The average Bonchev–Trinajstić information content (AvgIpc) is 2.82. The zero-order valence-corrected chi connectivity index (χ0v) is 10.8. The molecule has 0 aliphatic rings. The summed E-state index contributed by atoms with van der Waals surface area (Å²) in [7, 11) is 1.72. The van der Waals surface area contributed by atoms with Crippen molar-refractivity contribution in [3.05, 3.63) is 35.1 Å². The van der Waals surface area contributed by atoms with Crippen molar-refractivity contribution in [1.82, 2.24) is 20.2 Å². The molecule has 0 aliphatic heterocycles. The van der Waals surface area contributed by atoms with Gasteiger partial charge in [0.2, 0.25) is 5.16 Å². The Morgan fingerprint density at radius 2 is 2.37 bits per heavy atom. The molecule has 9 heteroatoms. The third kappa shape index (κ3) is 2.99. The number of nitrogens with zero attached hydrogens (tertiary/aromatic N) is 5. The maximum atomic E-state index is 13.2. The molecule has 1 heterocycles. The summed E-state index contributed by atoms with van der Waals surface area (Å²) in [4.78, 5) is 0. The van der Waals surface area contributed by atoms with Crippen molar-refractivity contribution < 1.29 is 9.60 Å². The lowest BCUT2D eigenvalue weighted by molar-refractivity contribution is 0.318. The SMILES string of the molecule is Cn1nnnc1SCc1ccc(F)cc1C(N)=NO. The third-order valence-corrected chi connectivity index (χ3v) is 3.45. The molecule has 7 nitrogen and oxygen atoms in total. The van der Waals surface area contributed by atoms with Crippen molar-refractivity contribution in [2.75, 3.05) is 0 Å². The molecule has 0 atom stereocenters. The molecule has 0 aliphatic carbocycles. The van der Waals surface area contributed by atoms with Crippen molar-refractivity contribution in [2.45, 2.75) is 10.9 Å². The molecule has 0 saturated carbocycles. The lowest BCUT2D eigenvalue weighted by Crippen LogP contribution is -2.15. The fourth-order valence-corrected chi connectivity index (χ4v) is 2.31. The van der Waals surface area contributed by atoms with E-state index in [9.17, 15) is 4.39 Å². The molecule has 0 amide bonds. The van der Waals surface area contributed by atoms with E-state index in [0.717, 1.165) is 5.56 Å². The second-order valence-corrected chi connectivity index (χ2v) is 4.60. The van der Waals surface area contributed by atoms with Crippen LogP contribution in [0.2, 0.25) is 0 Å². The van der Waals surface area contributed by atoms with Gasteiger partial charge in [-0.2, -0.15) is 0 Å². The second-order valence-electron chi connectivity index (χ2n) is 3.66. The molecular formula is C10H11FN6OS. The van der Waals surface area contributed by atoms with Gasteiger partial charge in [0.05, 0.1) is 0 Å². The van der Waals surface area contributed by atoms with E-state index >= 15 is 0 Å². The number of hydrogen-bond donors (Lipinski definition) is 2. The largest absolute Gasteiger partial charge is 0.409 e. The normalized spacial score (nSPS) is 11.8. The van der Waals surface area contributed by atoms with E-state index < -0.39 is 5.82 Å². The topological polar surface area (TPSA) is 102 Å². The molecule has 3 N–H and O–H groups in total.